The van der Waals surface area contributed by atoms with Crippen LogP contribution in [0.4, 0.5) is 5.69 Å². The molecule has 1 aliphatic carbocycles. The monoisotopic (exact) mass is 297 g/mol. The van der Waals surface area contributed by atoms with Crippen molar-refractivity contribution in [3.8, 4) is 0 Å². The fraction of sp³-hybridized carbons (Fsp3) is 0.571. The van der Waals surface area contributed by atoms with E-state index < -0.39 is 10.0 Å². The minimum Gasteiger partial charge on any atom is -0.399 e. The van der Waals surface area contributed by atoms with Gasteiger partial charge in [-0.05, 0) is 38.1 Å². The van der Waals surface area contributed by atoms with Crippen molar-refractivity contribution in [1.82, 2.24) is 9.62 Å². The van der Waals surface area contributed by atoms with Crippen LogP contribution >= 0.6 is 0 Å². The number of anilines is 1. The van der Waals surface area contributed by atoms with Crippen molar-refractivity contribution in [3.63, 3.8) is 0 Å². The molecule has 5 nitrogen and oxygen atoms in total. The highest BCUT2D eigenvalue weighted by Crippen LogP contribution is 2.21. The standard InChI is InChI=1S/C14H23N3O2S/c1-17(13-6-2-3-7-13)10-9-16-20(18,19)14-8-4-5-12(15)11-14/h4-5,8,11,13,16H,2-3,6-7,9-10,15H2,1H3. The summed E-state index contributed by atoms with van der Waals surface area (Å²) >= 11 is 0. The summed E-state index contributed by atoms with van der Waals surface area (Å²) in [7, 11) is -1.40. The van der Waals surface area contributed by atoms with E-state index in [2.05, 4.69) is 16.7 Å². The van der Waals surface area contributed by atoms with E-state index in [0.717, 1.165) is 6.54 Å². The second kappa shape index (κ2) is 6.56. The average Bonchev–Trinajstić information content (AvgIpc) is 2.92. The van der Waals surface area contributed by atoms with E-state index in [0.29, 0.717) is 18.3 Å². The Bertz CT molecular complexity index is 539. The van der Waals surface area contributed by atoms with Gasteiger partial charge in [-0.2, -0.15) is 0 Å². The molecule has 0 amide bonds. The zero-order valence-corrected chi connectivity index (χ0v) is 12.7. The van der Waals surface area contributed by atoms with Crippen molar-refractivity contribution in [2.24, 2.45) is 0 Å². The predicted molar refractivity (Wildman–Crippen MR) is 80.9 cm³/mol. The number of rotatable bonds is 6. The molecule has 0 aromatic heterocycles. The van der Waals surface area contributed by atoms with Crippen molar-refractivity contribution in [2.75, 3.05) is 25.9 Å². The molecule has 1 aromatic rings. The molecule has 0 spiro atoms. The third-order valence-electron chi connectivity index (χ3n) is 3.87. The average molecular weight is 297 g/mol. The van der Waals surface area contributed by atoms with Gasteiger partial charge in [0.2, 0.25) is 10.0 Å². The maximum atomic E-state index is 12.1. The molecule has 112 valence electrons. The Kier molecular flexibility index (Phi) is 5.01. The number of nitrogen functional groups attached to an aromatic ring is 1. The molecule has 0 aliphatic heterocycles. The van der Waals surface area contributed by atoms with Crippen LogP contribution in [-0.4, -0.2) is 39.5 Å². The number of nitrogens with one attached hydrogen (secondary N) is 1. The van der Waals surface area contributed by atoms with Crippen molar-refractivity contribution in [1.29, 1.82) is 0 Å². The van der Waals surface area contributed by atoms with E-state index in [1.807, 2.05) is 0 Å². The molecule has 1 aliphatic rings. The van der Waals surface area contributed by atoms with Gasteiger partial charge in [0, 0.05) is 24.8 Å². The van der Waals surface area contributed by atoms with Crippen LogP contribution in [0.2, 0.25) is 0 Å². The Morgan fingerprint density at radius 3 is 2.70 bits per heavy atom. The Morgan fingerprint density at radius 1 is 1.35 bits per heavy atom. The van der Waals surface area contributed by atoms with E-state index in [1.165, 1.54) is 31.7 Å². The van der Waals surface area contributed by atoms with Crippen molar-refractivity contribution in [2.45, 2.75) is 36.6 Å². The molecule has 0 atom stereocenters. The van der Waals surface area contributed by atoms with Gasteiger partial charge in [-0.25, -0.2) is 13.1 Å². The first-order chi connectivity index (χ1) is 9.49. The minimum absolute atomic E-state index is 0.223. The lowest BCUT2D eigenvalue weighted by atomic mass is 10.2. The topological polar surface area (TPSA) is 75.4 Å². The van der Waals surface area contributed by atoms with Crippen LogP contribution in [0.25, 0.3) is 0 Å². The highest BCUT2D eigenvalue weighted by Gasteiger charge is 2.20. The van der Waals surface area contributed by atoms with E-state index in [1.54, 1.807) is 18.2 Å². The summed E-state index contributed by atoms with van der Waals surface area (Å²) in [6.45, 7) is 1.15. The fourth-order valence-electron chi connectivity index (χ4n) is 2.65. The largest absolute Gasteiger partial charge is 0.399 e. The smallest absolute Gasteiger partial charge is 0.240 e. The first kappa shape index (κ1) is 15.3. The van der Waals surface area contributed by atoms with Crippen LogP contribution in [0.3, 0.4) is 0 Å². The van der Waals surface area contributed by atoms with E-state index in [-0.39, 0.29) is 4.90 Å². The fourth-order valence-corrected chi connectivity index (χ4v) is 3.72. The normalized spacial score (nSPS) is 16.9. The summed E-state index contributed by atoms with van der Waals surface area (Å²) in [5.74, 6) is 0. The Hall–Kier alpha value is -1.11. The predicted octanol–water partition coefficient (Wildman–Crippen LogP) is 1.42. The lowest BCUT2D eigenvalue weighted by Gasteiger charge is -2.23. The van der Waals surface area contributed by atoms with Gasteiger partial charge in [-0.1, -0.05) is 18.9 Å². The lowest BCUT2D eigenvalue weighted by Crippen LogP contribution is -2.37. The van der Waals surface area contributed by atoms with Crippen LogP contribution in [0, 0.1) is 0 Å². The van der Waals surface area contributed by atoms with Gasteiger partial charge >= 0.3 is 0 Å². The summed E-state index contributed by atoms with van der Waals surface area (Å²) in [5, 5.41) is 0. The van der Waals surface area contributed by atoms with Crippen molar-refractivity contribution < 1.29 is 8.42 Å². The number of benzene rings is 1. The van der Waals surface area contributed by atoms with Gasteiger partial charge in [0.1, 0.15) is 0 Å². The van der Waals surface area contributed by atoms with Crippen LogP contribution in [0.5, 0.6) is 0 Å². The minimum atomic E-state index is -3.46. The second-order valence-corrected chi connectivity index (χ2v) is 7.16. The second-order valence-electron chi connectivity index (χ2n) is 5.39. The van der Waals surface area contributed by atoms with E-state index >= 15 is 0 Å². The molecular weight excluding hydrogens is 274 g/mol. The van der Waals surface area contributed by atoms with Gasteiger partial charge in [-0.15, -0.1) is 0 Å². The molecule has 0 bridgehead atoms. The zero-order chi connectivity index (χ0) is 14.6. The SMILES string of the molecule is CN(CCNS(=O)(=O)c1cccc(N)c1)C1CCCC1. The number of sulfonamides is 1. The number of likely N-dealkylation sites (N-methyl/N-ethyl adjacent to an activating group) is 1. The maximum absolute atomic E-state index is 12.1. The van der Waals surface area contributed by atoms with Crippen LogP contribution < -0.4 is 10.5 Å². The van der Waals surface area contributed by atoms with Crippen LogP contribution in [0.1, 0.15) is 25.7 Å². The number of hydrogen-bond acceptors (Lipinski definition) is 4. The van der Waals surface area contributed by atoms with E-state index in [9.17, 15) is 8.42 Å². The molecule has 1 aromatic carbocycles. The molecule has 0 saturated heterocycles. The highest BCUT2D eigenvalue weighted by atomic mass is 32.2. The Morgan fingerprint density at radius 2 is 2.05 bits per heavy atom. The van der Waals surface area contributed by atoms with Gasteiger partial charge in [0.15, 0.2) is 0 Å². The molecule has 2 rings (SSSR count). The summed E-state index contributed by atoms with van der Waals surface area (Å²) < 4.78 is 26.8. The highest BCUT2D eigenvalue weighted by molar-refractivity contribution is 7.89. The number of hydrogen-bond donors (Lipinski definition) is 2. The first-order valence-electron chi connectivity index (χ1n) is 7.04. The lowest BCUT2D eigenvalue weighted by molar-refractivity contribution is 0.250. The molecule has 0 unspecified atom stereocenters. The third kappa shape index (κ3) is 3.94. The molecule has 0 radical (unpaired) electrons. The van der Waals surface area contributed by atoms with Gasteiger partial charge in [-0.3, -0.25) is 0 Å². The van der Waals surface area contributed by atoms with Crippen molar-refractivity contribution in [3.05, 3.63) is 24.3 Å². The molecule has 20 heavy (non-hydrogen) atoms. The maximum Gasteiger partial charge on any atom is 0.240 e. The summed E-state index contributed by atoms with van der Waals surface area (Å²) in [6, 6.07) is 6.95. The molecule has 6 heteroatoms. The van der Waals surface area contributed by atoms with Crippen LogP contribution in [-0.2, 0) is 10.0 Å². The molecule has 0 heterocycles. The molecular formula is C14H23N3O2S. The summed E-state index contributed by atoms with van der Waals surface area (Å²) in [5.41, 5.74) is 6.07. The van der Waals surface area contributed by atoms with Gasteiger partial charge in [0.25, 0.3) is 0 Å². The summed E-state index contributed by atoms with van der Waals surface area (Å²) in [6.07, 6.45) is 5.00. The Balaban J connectivity index is 1.86. The quantitative estimate of drug-likeness (QED) is 0.779. The zero-order valence-electron chi connectivity index (χ0n) is 11.9. The van der Waals surface area contributed by atoms with Gasteiger partial charge < -0.3 is 10.6 Å². The number of nitrogens with two attached hydrogens (primary N) is 1. The summed E-state index contributed by atoms with van der Waals surface area (Å²) in [4.78, 5) is 2.47. The Labute approximate surface area is 121 Å². The van der Waals surface area contributed by atoms with Crippen molar-refractivity contribution >= 4 is 15.7 Å². The molecule has 1 saturated carbocycles. The van der Waals surface area contributed by atoms with Crippen LogP contribution in [0.15, 0.2) is 29.2 Å². The third-order valence-corrected chi connectivity index (χ3v) is 5.33. The molecule has 3 N–H and O–H groups in total. The van der Waals surface area contributed by atoms with E-state index in [4.69, 9.17) is 5.73 Å². The first-order valence-corrected chi connectivity index (χ1v) is 8.53. The number of nitrogens with zero attached hydrogens (tertiary/aromatic N) is 1. The van der Waals surface area contributed by atoms with Gasteiger partial charge in [0.05, 0.1) is 4.90 Å². The molecule has 1 fully saturated rings.